The van der Waals surface area contributed by atoms with Gasteiger partial charge in [0.25, 0.3) is 0 Å². The highest BCUT2D eigenvalue weighted by Gasteiger charge is 2.17. The van der Waals surface area contributed by atoms with Crippen LogP contribution in [-0.2, 0) is 11.3 Å². The van der Waals surface area contributed by atoms with Gasteiger partial charge < -0.3 is 11.1 Å². The Hall–Kier alpha value is -1.42. The fourth-order valence-corrected chi connectivity index (χ4v) is 2.82. The molecule has 0 atom stereocenters. The molecule has 1 amide bonds. The Morgan fingerprint density at radius 1 is 1.25 bits per heavy atom. The molecule has 1 aromatic carbocycles. The Kier molecular flexibility index (Phi) is 5.53. The van der Waals surface area contributed by atoms with Gasteiger partial charge in [-0.15, -0.1) is 0 Å². The Morgan fingerprint density at radius 2 is 1.95 bits per heavy atom. The van der Waals surface area contributed by atoms with Gasteiger partial charge in [-0.05, 0) is 36.5 Å². The number of benzene rings is 1. The van der Waals surface area contributed by atoms with Crippen LogP contribution < -0.4 is 11.1 Å². The van der Waals surface area contributed by atoms with Gasteiger partial charge in [0.15, 0.2) is 0 Å². The molecular formula is C16H23FN2O. The maximum absolute atomic E-state index is 13.8. The molecule has 0 aromatic heterocycles. The summed E-state index contributed by atoms with van der Waals surface area (Å²) < 4.78 is 13.8. The fraction of sp³-hybridized carbons (Fsp3) is 0.562. The van der Waals surface area contributed by atoms with Gasteiger partial charge in [0, 0.05) is 13.0 Å². The summed E-state index contributed by atoms with van der Waals surface area (Å²) in [5.74, 6) is -0.0534. The van der Waals surface area contributed by atoms with E-state index in [4.69, 9.17) is 5.73 Å². The molecule has 1 fully saturated rings. The number of halogens is 1. The highest BCUT2D eigenvalue weighted by atomic mass is 19.1. The van der Waals surface area contributed by atoms with Crippen LogP contribution in [0.3, 0.4) is 0 Å². The maximum atomic E-state index is 13.8. The molecule has 1 aromatic rings. The second-order valence-corrected chi connectivity index (χ2v) is 5.63. The zero-order valence-corrected chi connectivity index (χ0v) is 11.8. The molecule has 0 unspecified atom stereocenters. The molecule has 0 spiro atoms. The van der Waals surface area contributed by atoms with Crippen LogP contribution in [0.2, 0.25) is 0 Å². The summed E-state index contributed by atoms with van der Waals surface area (Å²) >= 11 is 0. The highest BCUT2D eigenvalue weighted by Crippen LogP contribution is 2.26. The van der Waals surface area contributed by atoms with Crippen LogP contribution >= 0.6 is 0 Å². The van der Waals surface area contributed by atoms with Gasteiger partial charge in [0.1, 0.15) is 5.82 Å². The number of nitrogens with one attached hydrogen (secondary N) is 1. The van der Waals surface area contributed by atoms with Crippen molar-refractivity contribution in [2.45, 2.75) is 51.5 Å². The van der Waals surface area contributed by atoms with Crippen LogP contribution in [0.4, 0.5) is 10.1 Å². The molecule has 1 saturated carbocycles. The minimum absolute atomic E-state index is 0.0868. The first-order valence-corrected chi connectivity index (χ1v) is 7.47. The Balaban J connectivity index is 1.90. The number of hydrogen-bond acceptors (Lipinski definition) is 2. The number of rotatable bonds is 4. The summed E-state index contributed by atoms with van der Waals surface area (Å²) in [7, 11) is 0. The monoisotopic (exact) mass is 278 g/mol. The Bertz CT molecular complexity index is 454. The second-order valence-electron chi connectivity index (χ2n) is 5.63. The third-order valence-corrected chi connectivity index (χ3v) is 3.99. The zero-order chi connectivity index (χ0) is 14.4. The van der Waals surface area contributed by atoms with Crippen molar-refractivity contribution in [2.24, 2.45) is 11.7 Å². The number of anilines is 1. The summed E-state index contributed by atoms with van der Waals surface area (Å²) in [5.41, 5.74) is 6.43. The van der Waals surface area contributed by atoms with Gasteiger partial charge in [0.05, 0.1) is 5.69 Å². The molecule has 110 valence electrons. The molecule has 1 aliphatic rings. The average molecular weight is 278 g/mol. The van der Waals surface area contributed by atoms with E-state index < -0.39 is 5.82 Å². The van der Waals surface area contributed by atoms with E-state index in [1.165, 1.54) is 31.7 Å². The third kappa shape index (κ3) is 4.30. The molecule has 0 bridgehead atoms. The van der Waals surface area contributed by atoms with E-state index in [0.717, 1.165) is 18.4 Å². The molecule has 0 radical (unpaired) electrons. The molecule has 0 aliphatic heterocycles. The van der Waals surface area contributed by atoms with E-state index in [-0.39, 0.29) is 11.6 Å². The lowest BCUT2D eigenvalue weighted by atomic mass is 9.96. The van der Waals surface area contributed by atoms with Crippen molar-refractivity contribution in [3.63, 3.8) is 0 Å². The first kappa shape index (κ1) is 15.0. The summed E-state index contributed by atoms with van der Waals surface area (Å²) in [6.45, 7) is 0.299. The summed E-state index contributed by atoms with van der Waals surface area (Å²) in [6.07, 6.45) is 7.68. The molecule has 1 aliphatic carbocycles. The SMILES string of the molecule is NCc1ccc(NC(=O)CC2CCCCCC2)c(F)c1. The van der Waals surface area contributed by atoms with Crippen LogP contribution in [0.5, 0.6) is 0 Å². The van der Waals surface area contributed by atoms with Crippen LogP contribution in [-0.4, -0.2) is 5.91 Å². The van der Waals surface area contributed by atoms with E-state index in [9.17, 15) is 9.18 Å². The van der Waals surface area contributed by atoms with E-state index in [0.29, 0.717) is 18.9 Å². The lowest BCUT2D eigenvalue weighted by Crippen LogP contribution is -2.17. The Labute approximate surface area is 119 Å². The number of amides is 1. The zero-order valence-electron chi connectivity index (χ0n) is 11.8. The summed E-state index contributed by atoms with van der Waals surface area (Å²) in [5, 5.41) is 2.67. The van der Waals surface area contributed by atoms with Gasteiger partial charge in [-0.2, -0.15) is 0 Å². The van der Waals surface area contributed by atoms with Crippen molar-refractivity contribution in [3.05, 3.63) is 29.6 Å². The minimum Gasteiger partial charge on any atom is -0.326 e. The molecule has 3 N–H and O–H groups in total. The van der Waals surface area contributed by atoms with Crippen molar-refractivity contribution < 1.29 is 9.18 Å². The quantitative estimate of drug-likeness (QED) is 0.827. The second kappa shape index (κ2) is 7.39. The van der Waals surface area contributed by atoms with Crippen LogP contribution in [0, 0.1) is 11.7 Å². The third-order valence-electron chi connectivity index (χ3n) is 3.99. The average Bonchev–Trinajstić information content (AvgIpc) is 2.69. The molecule has 20 heavy (non-hydrogen) atoms. The van der Waals surface area contributed by atoms with Crippen molar-refractivity contribution >= 4 is 11.6 Å². The predicted molar refractivity (Wildman–Crippen MR) is 78.7 cm³/mol. The molecule has 4 heteroatoms. The van der Waals surface area contributed by atoms with Crippen molar-refractivity contribution in [2.75, 3.05) is 5.32 Å². The van der Waals surface area contributed by atoms with Crippen LogP contribution in [0.15, 0.2) is 18.2 Å². The van der Waals surface area contributed by atoms with Gasteiger partial charge >= 0.3 is 0 Å². The van der Waals surface area contributed by atoms with Gasteiger partial charge in [-0.1, -0.05) is 31.7 Å². The summed E-state index contributed by atoms with van der Waals surface area (Å²) in [4.78, 5) is 12.0. The topological polar surface area (TPSA) is 55.1 Å². The lowest BCUT2D eigenvalue weighted by molar-refractivity contribution is -0.117. The van der Waals surface area contributed by atoms with E-state index in [2.05, 4.69) is 5.32 Å². The van der Waals surface area contributed by atoms with Crippen molar-refractivity contribution in [1.29, 1.82) is 0 Å². The number of carbonyl (C=O) groups is 1. The smallest absolute Gasteiger partial charge is 0.224 e. The van der Waals surface area contributed by atoms with Crippen LogP contribution in [0.25, 0.3) is 0 Å². The van der Waals surface area contributed by atoms with Gasteiger partial charge in [0.2, 0.25) is 5.91 Å². The highest BCUT2D eigenvalue weighted by molar-refractivity contribution is 5.91. The maximum Gasteiger partial charge on any atom is 0.224 e. The van der Waals surface area contributed by atoms with Crippen LogP contribution in [0.1, 0.15) is 50.5 Å². The fourth-order valence-electron chi connectivity index (χ4n) is 2.82. The molecule has 0 saturated heterocycles. The van der Waals surface area contributed by atoms with Crippen molar-refractivity contribution in [1.82, 2.24) is 0 Å². The first-order valence-electron chi connectivity index (χ1n) is 7.47. The number of nitrogens with two attached hydrogens (primary N) is 1. The molecule has 0 heterocycles. The molecule has 2 rings (SSSR count). The van der Waals surface area contributed by atoms with E-state index in [1.807, 2.05) is 0 Å². The summed E-state index contributed by atoms with van der Waals surface area (Å²) in [6, 6.07) is 4.70. The first-order chi connectivity index (χ1) is 9.69. The normalized spacial score (nSPS) is 16.7. The standard InChI is InChI=1S/C16H23FN2O/c17-14-9-13(11-18)7-8-15(14)19-16(20)10-12-5-3-1-2-4-6-12/h7-9,12H,1-6,10-11,18H2,(H,19,20). The molecular weight excluding hydrogens is 255 g/mol. The largest absolute Gasteiger partial charge is 0.326 e. The number of hydrogen-bond donors (Lipinski definition) is 2. The lowest BCUT2D eigenvalue weighted by Gasteiger charge is -2.14. The number of carbonyl (C=O) groups excluding carboxylic acids is 1. The predicted octanol–water partition coefficient (Wildman–Crippen LogP) is 3.58. The molecule has 3 nitrogen and oxygen atoms in total. The Morgan fingerprint density at radius 3 is 2.55 bits per heavy atom. The van der Waals surface area contributed by atoms with Gasteiger partial charge in [-0.3, -0.25) is 4.79 Å². The van der Waals surface area contributed by atoms with E-state index in [1.54, 1.807) is 12.1 Å². The van der Waals surface area contributed by atoms with Gasteiger partial charge in [-0.25, -0.2) is 4.39 Å². The minimum atomic E-state index is -0.415. The van der Waals surface area contributed by atoms with E-state index >= 15 is 0 Å². The van der Waals surface area contributed by atoms with Crippen molar-refractivity contribution in [3.8, 4) is 0 Å².